The fraction of sp³-hybridized carbons (Fsp3) is 0.279. The third kappa shape index (κ3) is 19.1. The molecule has 0 heterocycles. The van der Waals surface area contributed by atoms with Crippen LogP contribution < -0.4 is 0 Å². The molecule has 0 bridgehead atoms. The van der Waals surface area contributed by atoms with E-state index in [9.17, 15) is 0 Å². The first-order valence-corrected chi connectivity index (χ1v) is 32.5. The topological polar surface area (TPSA) is 0 Å². The summed E-state index contributed by atoms with van der Waals surface area (Å²) >= 11 is 0. The normalized spacial score (nSPS) is 10.7. The molecule has 0 aliphatic heterocycles. The van der Waals surface area contributed by atoms with Gasteiger partial charge in [-0.2, -0.15) is 0 Å². The van der Waals surface area contributed by atoms with Crippen molar-refractivity contribution in [1.29, 1.82) is 0 Å². The maximum absolute atomic E-state index is 3.57. The Morgan fingerprint density at radius 3 is 0.535 bits per heavy atom. The maximum atomic E-state index is 3.57. The van der Waals surface area contributed by atoms with Gasteiger partial charge in [-0.05, 0) is 179 Å². The van der Waals surface area contributed by atoms with Crippen molar-refractivity contribution < 1.29 is 0 Å². The van der Waals surface area contributed by atoms with Crippen LogP contribution in [0.15, 0.2) is 206 Å². The number of hydrogen-bond acceptors (Lipinski definition) is 0. The zero-order valence-electron chi connectivity index (χ0n) is 51.8. The highest BCUT2D eigenvalue weighted by molar-refractivity contribution is 5.70. The quantitative estimate of drug-likeness (QED) is 0.0418. The van der Waals surface area contributed by atoms with Gasteiger partial charge in [-0.3, -0.25) is 0 Å². The molecular formula is C86H86. The predicted molar refractivity (Wildman–Crippen MR) is 369 cm³/mol. The molecule has 0 spiro atoms. The van der Waals surface area contributed by atoms with Crippen LogP contribution in [0.4, 0.5) is 0 Å². The molecule has 0 amide bonds. The highest BCUT2D eigenvalue weighted by atomic mass is 14.1. The lowest BCUT2D eigenvalue weighted by Gasteiger charge is -2.06. The Labute approximate surface area is 518 Å². The van der Waals surface area contributed by atoms with E-state index in [1.165, 1.54) is 169 Å². The molecule has 0 saturated carbocycles. The van der Waals surface area contributed by atoms with Gasteiger partial charge in [0, 0.05) is 44.5 Å². The van der Waals surface area contributed by atoms with Gasteiger partial charge in [0.05, 0.1) is 0 Å². The Bertz CT molecular complexity index is 3280. The number of aryl methyl sites for hydroxylation is 4. The van der Waals surface area contributed by atoms with Gasteiger partial charge in [-0.15, -0.1) is 0 Å². The summed E-state index contributed by atoms with van der Waals surface area (Å²) in [5.41, 5.74) is 22.1. The second-order valence-electron chi connectivity index (χ2n) is 23.3. The fourth-order valence-electron chi connectivity index (χ4n) is 11.0. The van der Waals surface area contributed by atoms with Crippen LogP contribution in [0, 0.1) is 47.4 Å². The summed E-state index contributed by atoms with van der Waals surface area (Å²) in [6, 6.07) is 74.9. The molecule has 0 aromatic heterocycles. The Hall–Kier alpha value is -8.78. The fourth-order valence-corrected chi connectivity index (χ4v) is 11.0. The van der Waals surface area contributed by atoms with Crippen molar-refractivity contribution in [2.75, 3.05) is 0 Å². The van der Waals surface area contributed by atoms with Crippen molar-refractivity contribution in [3.05, 3.63) is 273 Å². The lowest BCUT2D eigenvalue weighted by Crippen LogP contribution is -1.93. The Morgan fingerprint density at radius 2 is 0.360 bits per heavy atom. The summed E-state index contributed by atoms with van der Waals surface area (Å²) < 4.78 is 0. The molecule has 0 aliphatic rings. The maximum Gasteiger partial charge on any atom is 0.0419 e. The first-order valence-electron chi connectivity index (χ1n) is 32.5. The zero-order valence-corrected chi connectivity index (χ0v) is 51.8. The van der Waals surface area contributed by atoms with E-state index in [1.807, 2.05) is 0 Å². The van der Waals surface area contributed by atoms with Crippen LogP contribution in [0.25, 0.3) is 44.5 Å². The lowest BCUT2D eigenvalue weighted by molar-refractivity contribution is 0.667. The molecule has 0 unspecified atom stereocenters. The van der Waals surface area contributed by atoms with Crippen LogP contribution in [-0.2, 0) is 25.7 Å². The van der Waals surface area contributed by atoms with Gasteiger partial charge in [-0.1, -0.05) is 298 Å². The zero-order chi connectivity index (χ0) is 59.4. The van der Waals surface area contributed by atoms with E-state index in [4.69, 9.17) is 0 Å². The standard InChI is InChI=1S/C86H86/c1-5-9-13-17-21-67-25-45-75(46-26-67)79-53-33-71(34-54-79)41-61-83-65-85(63-43-73-37-57-81(58-38-73)77-49-29-69(30-50-77)23-19-15-11-7-3)86(64-44-74-39-59-82(60-40-74)78-51-31-70(32-52-78)24-20-16-12-8-4)66-84(83)62-42-72-35-55-80(56-36-72)76-47-27-68(28-48-76)22-18-14-10-6-2/h25-40,45-60,65-66H,5-24H2,1-4H3. The van der Waals surface area contributed by atoms with Crippen molar-refractivity contribution in [3.63, 3.8) is 0 Å². The summed E-state index contributed by atoms with van der Waals surface area (Å²) in [7, 11) is 0. The summed E-state index contributed by atoms with van der Waals surface area (Å²) in [6.07, 6.45) is 24.9. The van der Waals surface area contributed by atoms with E-state index in [-0.39, 0.29) is 0 Å². The van der Waals surface area contributed by atoms with Crippen LogP contribution in [0.1, 0.15) is 197 Å². The van der Waals surface area contributed by atoms with Crippen molar-refractivity contribution >= 4 is 0 Å². The van der Waals surface area contributed by atoms with Crippen LogP contribution in [0.3, 0.4) is 0 Å². The summed E-state index contributed by atoms with van der Waals surface area (Å²) in [5, 5.41) is 0. The van der Waals surface area contributed by atoms with Gasteiger partial charge in [0.15, 0.2) is 0 Å². The third-order valence-corrected chi connectivity index (χ3v) is 16.5. The summed E-state index contributed by atoms with van der Waals surface area (Å²) in [5.74, 6) is 28.4. The van der Waals surface area contributed by atoms with Gasteiger partial charge in [0.2, 0.25) is 0 Å². The largest absolute Gasteiger partial charge is 0.0654 e. The van der Waals surface area contributed by atoms with E-state index < -0.39 is 0 Å². The van der Waals surface area contributed by atoms with Crippen LogP contribution in [0.2, 0.25) is 0 Å². The van der Waals surface area contributed by atoms with Gasteiger partial charge in [-0.25, -0.2) is 0 Å². The molecule has 0 heteroatoms. The summed E-state index contributed by atoms with van der Waals surface area (Å²) in [6.45, 7) is 9.07. The monoisotopic (exact) mass is 1120 g/mol. The van der Waals surface area contributed by atoms with Crippen LogP contribution >= 0.6 is 0 Å². The molecule has 0 atom stereocenters. The molecule has 0 nitrogen and oxygen atoms in total. The van der Waals surface area contributed by atoms with Crippen molar-refractivity contribution in [3.8, 4) is 91.9 Å². The first-order chi connectivity index (χ1) is 42.4. The number of rotatable bonds is 24. The Balaban J connectivity index is 1.04. The highest BCUT2D eigenvalue weighted by Crippen LogP contribution is 2.27. The second-order valence-corrected chi connectivity index (χ2v) is 23.3. The van der Waals surface area contributed by atoms with Gasteiger partial charge >= 0.3 is 0 Å². The van der Waals surface area contributed by atoms with Crippen LogP contribution in [0.5, 0.6) is 0 Å². The third-order valence-electron chi connectivity index (χ3n) is 16.5. The van der Waals surface area contributed by atoms with Crippen molar-refractivity contribution in [2.24, 2.45) is 0 Å². The van der Waals surface area contributed by atoms with E-state index >= 15 is 0 Å². The molecule has 0 aliphatic carbocycles. The second kappa shape index (κ2) is 33.6. The van der Waals surface area contributed by atoms with E-state index in [0.29, 0.717) is 0 Å². The average Bonchev–Trinajstić information content (AvgIpc) is 3.54. The summed E-state index contributed by atoms with van der Waals surface area (Å²) in [4.78, 5) is 0. The van der Waals surface area contributed by atoms with Gasteiger partial charge < -0.3 is 0 Å². The molecule has 0 saturated heterocycles. The minimum Gasteiger partial charge on any atom is -0.0654 e. The molecule has 9 aromatic rings. The Morgan fingerprint density at radius 1 is 0.186 bits per heavy atom. The SMILES string of the molecule is CCCCCCc1ccc(-c2ccc(C#Cc3cc(C#Cc4ccc(-c5ccc(CCCCCC)cc5)cc4)c(C#Cc4ccc(-c5ccc(CCCCCC)cc5)cc4)cc3C#Cc3ccc(-c4ccc(CCCCCC)cc4)cc3)cc2)cc1. The van der Waals surface area contributed by atoms with Gasteiger partial charge in [0.25, 0.3) is 0 Å². The Kier molecular flexibility index (Phi) is 24.2. The molecule has 0 N–H and O–H groups in total. The lowest BCUT2D eigenvalue weighted by atomic mass is 9.97. The van der Waals surface area contributed by atoms with Gasteiger partial charge in [0.1, 0.15) is 0 Å². The smallest absolute Gasteiger partial charge is 0.0419 e. The molecular weight excluding hydrogens is 1030 g/mol. The number of unbranched alkanes of at least 4 members (excludes halogenated alkanes) is 12. The molecule has 0 fully saturated rings. The molecule has 0 radical (unpaired) electrons. The van der Waals surface area contributed by atoms with E-state index in [0.717, 1.165) is 70.2 Å². The van der Waals surface area contributed by atoms with E-state index in [2.05, 4.69) is 281 Å². The van der Waals surface area contributed by atoms with Crippen LogP contribution in [-0.4, -0.2) is 0 Å². The minimum absolute atomic E-state index is 0.804. The average molecular weight is 1120 g/mol. The van der Waals surface area contributed by atoms with E-state index in [1.54, 1.807) is 0 Å². The predicted octanol–water partition coefficient (Wildman–Crippen LogP) is 22.4. The molecule has 9 aromatic carbocycles. The van der Waals surface area contributed by atoms with Crippen molar-refractivity contribution in [2.45, 2.75) is 156 Å². The number of hydrogen-bond donors (Lipinski definition) is 0. The van der Waals surface area contributed by atoms with Crippen molar-refractivity contribution in [1.82, 2.24) is 0 Å². The molecule has 9 rings (SSSR count). The molecule has 86 heavy (non-hydrogen) atoms. The first kappa shape index (κ1) is 61.8. The highest BCUT2D eigenvalue weighted by Gasteiger charge is 2.09. The molecule has 430 valence electrons. The minimum atomic E-state index is 0.804. The number of benzene rings is 9.